The molecule has 0 saturated carbocycles. The van der Waals surface area contributed by atoms with Gasteiger partial charge < -0.3 is 9.84 Å². The van der Waals surface area contributed by atoms with Gasteiger partial charge in [0.2, 0.25) is 0 Å². The third-order valence-electron chi connectivity index (χ3n) is 5.06. The summed E-state index contributed by atoms with van der Waals surface area (Å²) < 4.78 is 5.62. The summed E-state index contributed by atoms with van der Waals surface area (Å²) in [4.78, 5) is 24.8. The molecule has 0 bridgehead atoms. The molecule has 0 saturated heterocycles. The van der Waals surface area contributed by atoms with Crippen molar-refractivity contribution in [3.8, 4) is 0 Å². The lowest BCUT2D eigenvalue weighted by Gasteiger charge is -2.39. The topological polar surface area (TPSA) is 63.6 Å². The second-order valence-electron chi connectivity index (χ2n) is 8.25. The van der Waals surface area contributed by atoms with Gasteiger partial charge in [0.05, 0.1) is 11.5 Å². The van der Waals surface area contributed by atoms with Crippen LogP contribution in [0.4, 0.5) is 0 Å². The van der Waals surface area contributed by atoms with Crippen LogP contribution in [0.15, 0.2) is 23.8 Å². The first-order valence-corrected chi connectivity index (χ1v) is 8.93. The largest absolute Gasteiger partial charge is 0.460 e. The third kappa shape index (κ3) is 4.35. The third-order valence-corrected chi connectivity index (χ3v) is 5.06. The number of allylic oxidation sites excluding steroid dienone is 3. The Kier molecular flexibility index (Phi) is 5.69. The molecule has 0 amide bonds. The number of hydrogen-bond acceptors (Lipinski definition) is 4. The highest BCUT2D eigenvalue weighted by molar-refractivity contribution is 5.96. The average molecular weight is 334 g/mol. The molecule has 0 aromatic rings. The van der Waals surface area contributed by atoms with Gasteiger partial charge in [-0.1, -0.05) is 18.2 Å². The van der Waals surface area contributed by atoms with Gasteiger partial charge in [-0.3, -0.25) is 9.59 Å². The summed E-state index contributed by atoms with van der Waals surface area (Å²) in [7, 11) is 0. The van der Waals surface area contributed by atoms with E-state index in [0.717, 1.165) is 12.8 Å². The van der Waals surface area contributed by atoms with Gasteiger partial charge in [-0.2, -0.15) is 0 Å². The van der Waals surface area contributed by atoms with E-state index in [9.17, 15) is 14.7 Å². The SMILES string of the molecule is CC(C)(C)OC(=O)[C@]1(C)CC=CC[C@H]1C[C@@H](O)C1=CCCCC1=O. The molecule has 2 rings (SSSR count). The zero-order chi connectivity index (χ0) is 18.0. The van der Waals surface area contributed by atoms with E-state index in [-0.39, 0.29) is 17.7 Å². The maximum Gasteiger partial charge on any atom is 0.312 e. The zero-order valence-corrected chi connectivity index (χ0v) is 15.3. The Bertz CT molecular complexity index is 552. The van der Waals surface area contributed by atoms with Crippen molar-refractivity contribution in [2.45, 2.75) is 77.9 Å². The van der Waals surface area contributed by atoms with E-state index in [2.05, 4.69) is 6.08 Å². The molecule has 0 heterocycles. The quantitative estimate of drug-likeness (QED) is 0.628. The van der Waals surface area contributed by atoms with Gasteiger partial charge in [0.25, 0.3) is 0 Å². The second kappa shape index (κ2) is 7.22. The minimum Gasteiger partial charge on any atom is -0.460 e. The first-order valence-electron chi connectivity index (χ1n) is 8.93. The zero-order valence-electron chi connectivity index (χ0n) is 15.3. The minimum absolute atomic E-state index is 0.0389. The molecule has 3 atom stereocenters. The lowest BCUT2D eigenvalue weighted by atomic mass is 9.67. The molecule has 4 heteroatoms. The van der Waals surface area contributed by atoms with Gasteiger partial charge >= 0.3 is 5.97 Å². The van der Waals surface area contributed by atoms with Gasteiger partial charge in [-0.25, -0.2) is 0 Å². The van der Waals surface area contributed by atoms with Crippen molar-refractivity contribution >= 4 is 11.8 Å². The normalized spacial score (nSPS) is 29.1. The molecule has 0 aromatic heterocycles. The number of carbonyl (C=O) groups excluding carboxylic acids is 2. The van der Waals surface area contributed by atoms with Crippen LogP contribution in [0.1, 0.15) is 66.2 Å². The highest BCUT2D eigenvalue weighted by atomic mass is 16.6. The predicted octanol–water partition coefficient (Wildman–Crippen LogP) is 3.73. The fraction of sp³-hybridized carbons (Fsp3) is 0.700. The smallest absolute Gasteiger partial charge is 0.312 e. The van der Waals surface area contributed by atoms with Gasteiger partial charge in [0.15, 0.2) is 5.78 Å². The number of rotatable bonds is 4. The molecule has 1 N–H and O–H groups in total. The molecule has 0 spiro atoms. The highest BCUT2D eigenvalue weighted by Crippen LogP contribution is 2.43. The van der Waals surface area contributed by atoms with Crippen LogP contribution < -0.4 is 0 Å². The fourth-order valence-electron chi connectivity index (χ4n) is 3.51. The first-order chi connectivity index (χ1) is 11.1. The van der Waals surface area contributed by atoms with E-state index >= 15 is 0 Å². The number of aliphatic hydroxyl groups is 1. The van der Waals surface area contributed by atoms with Crippen molar-refractivity contribution in [3.63, 3.8) is 0 Å². The molecule has 0 unspecified atom stereocenters. The summed E-state index contributed by atoms with van der Waals surface area (Å²) in [6, 6.07) is 0. The summed E-state index contributed by atoms with van der Waals surface area (Å²) in [5.41, 5.74) is -0.671. The number of hydrogen-bond donors (Lipinski definition) is 1. The fourth-order valence-corrected chi connectivity index (χ4v) is 3.51. The molecule has 134 valence electrons. The number of ketones is 1. The highest BCUT2D eigenvalue weighted by Gasteiger charge is 2.45. The Balaban J connectivity index is 2.14. The summed E-state index contributed by atoms with van der Waals surface area (Å²) in [5, 5.41) is 10.6. The summed E-state index contributed by atoms with van der Waals surface area (Å²) >= 11 is 0. The monoisotopic (exact) mass is 334 g/mol. The van der Waals surface area contributed by atoms with E-state index in [1.54, 1.807) is 0 Å². The molecular formula is C20H30O4. The van der Waals surface area contributed by atoms with E-state index in [1.165, 1.54) is 0 Å². The van der Waals surface area contributed by atoms with Gasteiger partial charge in [-0.15, -0.1) is 0 Å². The molecule has 0 fully saturated rings. The van der Waals surface area contributed by atoms with Crippen molar-refractivity contribution < 1.29 is 19.4 Å². The molecule has 0 aliphatic heterocycles. The Morgan fingerprint density at radius 3 is 2.75 bits per heavy atom. The Morgan fingerprint density at radius 1 is 1.42 bits per heavy atom. The van der Waals surface area contributed by atoms with Crippen LogP contribution in [-0.2, 0) is 14.3 Å². The number of esters is 1. The summed E-state index contributed by atoms with van der Waals surface area (Å²) in [5.74, 6) is -0.220. The van der Waals surface area contributed by atoms with E-state index in [0.29, 0.717) is 31.3 Å². The van der Waals surface area contributed by atoms with Gasteiger partial charge in [0, 0.05) is 12.0 Å². The number of ether oxygens (including phenoxy) is 1. The van der Waals surface area contributed by atoms with Crippen LogP contribution >= 0.6 is 0 Å². The van der Waals surface area contributed by atoms with Crippen LogP contribution in [0, 0.1) is 11.3 Å². The lowest BCUT2D eigenvalue weighted by Crippen LogP contribution is -2.43. The molecule has 2 aliphatic rings. The van der Waals surface area contributed by atoms with Crippen molar-refractivity contribution in [1.82, 2.24) is 0 Å². The summed E-state index contributed by atoms with van der Waals surface area (Å²) in [6.07, 6.45) is 9.08. The van der Waals surface area contributed by atoms with E-state index < -0.39 is 17.1 Å². The molecule has 4 nitrogen and oxygen atoms in total. The van der Waals surface area contributed by atoms with Crippen molar-refractivity contribution in [3.05, 3.63) is 23.8 Å². The van der Waals surface area contributed by atoms with Crippen LogP contribution in [-0.4, -0.2) is 28.6 Å². The number of Topliss-reactive ketones (excluding diaryl/α,β-unsaturated/α-hetero) is 1. The first kappa shape index (κ1) is 18.9. The van der Waals surface area contributed by atoms with Crippen LogP contribution in [0.2, 0.25) is 0 Å². The van der Waals surface area contributed by atoms with E-state index in [1.807, 2.05) is 39.8 Å². The van der Waals surface area contributed by atoms with Crippen molar-refractivity contribution in [2.24, 2.45) is 11.3 Å². The van der Waals surface area contributed by atoms with Gasteiger partial charge in [0.1, 0.15) is 5.60 Å². The van der Waals surface area contributed by atoms with E-state index in [4.69, 9.17) is 4.74 Å². The van der Waals surface area contributed by atoms with Crippen molar-refractivity contribution in [2.75, 3.05) is 0 Å². The Morgan fingerprint density at radius 2 is 2.12 bits per heavy atom. The number of aliphatic hydroxyl groups excluding tert-OH is 1. The molecule has 2 aliphatic carbocycles. The maximum absolute atomic E-state index is 12.7. The standard InChI is InChI=1S/C20H30O4/c1-19(2,3)24-18(23)20(4)12-8-7-9-14(20)13-17(22)15-10-5-6-11-16(15)21/h7-8,10,14,17,22H,5-6,9,11-13H2,1-4H3/t14-,17+,20+/m0/s1. The maximum atomic E-state index is 12.7. The average Bonchev–Trinajstić information content (AvgIpc) is 2.48. The van der Waals surface area contributed by atoms with Crippen LogP contribution in [0.3, 0.4) is 0 Å². The van der Waals surface area contributed by atoms with Crippen LogP contribution in [0.5, 0.6) is 0 Å². The Hall–Kier alpha value is -1.42. The summed E-state index contributed by atoms with van der Waals surface area (Å²) in [6.45, 7) is 7.51. The van der Waals surface area contributed by atoms with Crippen molar-refractivity contribution in [1.29, 1.82) is 0 Å². The molecule has 0 aromatic carbocycles. The lowest BCUT2D eigenvalue weighted by molar-refractivity contribution is -0.171. The number of carbonyl (C=O) groups is 2. The van der Waals surface area contributed by atoms with Gasteiger partial charge in [-0.05, 0) is 65.7 Å². The minimum atomic E-state index is -0.795. The molecule has 0 radical (unpaired) electrons. The van der Waals surface area contributed by atoms with Crippen LogP contribution in [0.25, 0.3) is 0 Å². The molecule has 24 heavy (non-hydrogen) atoms. The predicted molar refractivity (Wildman–Crippen MR) is 93.4 cm³/mol. The second-order valence-corrected chi connectivity index (χ2v) is 8.25. The Labute approximate surface area is 145 Å². The molecular weight excluding hydrogens is 304 g/mol.